The molecule has 252 valence electrons. The maximum absolute atomic E-state index is 13.0. The number of ether oxygens (including phenoxy) is 2. The molecule has 0 aliphatic heterocycles. The van der Waals surface area contributed by atoms with Gasteiger partial charge in [-0.1, -0.05) is 37.6 Å². The highest BCUT2D eigenvalue weighted by molar-refractivity contribution is 6.30. The van der Waals surface area contributed by atoms with Crippen molar-refractivity contribution in [3.05, 3.63) is 82.1 Å². The zero-order valence-electron chi connectivity index (χ0n) is 26.8. The number of carbonyl (C=O) groups is 1. The third kappa shape index (κ3) is 7.06. The van der Waals surface area contributed by atoms with Crippen LogP contribution in [0.4, 0.5) is 18.9 Å². The van der Waals surface area contributed by atoms with Gasteiger partial charge in [0.15, 0.2) is 6.61 Å². The SMILES string of the molecule is C[C@@H](COc1ccnc2c1[C@H](C)CCC2)C[C@H]1Cc2ccc(OCC(F)(F)F)cc2C12CCC(Nc1cccc(Cl)c1)(C(=O)O)CC2. The number of halogens is 4. The zero-order valence-corrected chi connectivity index (χ0v) is 27.6. The molecule has 3 atom stereocenters. The Kier molecular flexibility index (Phi) is 9.40. The van der Waals surface area contributed by atoms with Crippen LogP contribution >= 0.6 is 11.6 Å². The van der Waals surface area contributed by atoms with E-state index in [1.807, 2.05) is 18.3 Å². The fraction of sp³-hybridized carbons (Fsp3) is 0.514. The van der Waals surface area contributed by atoms with Gasteiger partial charge in [-0.2, -0.15) is 13.2 Å². The minimum Gasteiger partial charge on any atom is -0.493 e. The Morgan fingerprint density at radius 2 is 1.91 bits per heavy atom. The first-order valence-corrected chi connectivity index (χ1v) is 17.0. The number of hydrogen-bond acceptors (Lipinski definition) is 5. The monoisotopic (exact) mass is 670 g/mol. The Morgan fingerprint density at radius 1 is 1.13 bits per heavy atom. The van der Waals surface area contributed by atoms with E-state index in [0.29, 0.717) is 48.9 Å². The number of benzene rings is 2. The highest BCUT2D eigenvalue weighted by Crippen LogP contribution is 2.57. The van der Waals surface area contributed by atoms with Gasteiger partial charge in [0.25, 0.3) is 0 Å². The number of fused-ring (bicyclic) bond motifs is 3. The van der Waals surface area contributed by atoms with Gasteiger partial charge in [0.1, 0.15) is 17.0 Å². The lowest BCUT2D eigenvalue weighted by atomic mass is 9.59. The third-order valence-corrected chi connectivity index (χ3v) is 10.9. The van der Waals surface area contributed by atoms with Crippen molar-refractivity contribution in [2.75, 3.05) is 18.5 Å². The van der Waals surface area contributed by atoms with Gasteiger partial charge in [-0.15, -0.1) is 0 Å². The minimum absolute atomic E-state index is 0.164. The number of pyridine rings is 1. The Balaban J connectivity index is 1.24. The van der Waals surface area contributed by atoms with Gasteiger partial charge in [-0.05, 0) is 128 Å². The van der Waals surface area contributed by atoms with Crippen LogP contribution in [0.15, 0.2) is 54.7 Å². The number of carboxylic acid groups (broad SMARTS) is 1. The van der Waals surface area contributed by atoms with E-state index in [1.165, 1.54) is 5.56 Å². The lowest BCUT2D eigenvalue weighted by Gasteiger charge is -2.47. The molecule has 1 saturated carbocycles. The van der Waals surface area contributed by atoms with E-state index in [0.717, 1.165) is 54.7 Å². The molecule has 3 aromatic rings. The first kappa shape index (κ1) is 33.4. The summed E-state index contributed by atoms with van der Waals surface area (Å²) in [6, 6.07) is 14.3. The summed E-state index contributed by atoms with van der Waals surface area (Å²) in [5.41, 5.74) is 3.45. The molecule has 47 heavy (non-hydrogen) atoms. The largest absolute Gasteiger partial charge is 0.493 e. The lowest BCUT2D eigenvalue weighted by Crippen LogP contribution is -2.53. The number of nitrogens with zero attached hydrogens (tertiary/aromatic N) is 1. The molecule has 3 aliphatic carbocycles. The van der Waals surface area contributed by atoms with Crippen LogP contribution in [0.2, 0.25) is 5.02 Å². The van der Waals surface area contributed by atoms with Crippen molar-refractivity contribution in [2.24, 2.45) is 11.8 Å². The molecule has 2 aromatic carbocycles. The van der Waals surface area contributed by atoms with E-state index in [9.17, 15) is 23.1 Å². The molecule has 6 nitrogen and oxygen atoms in total. The summed E-state index contributed by atoms with van der Waals surface area (Å²) < 4.78 is 50.7. The summed E-state index contributed by atoms with van der Waals surface area (Å²) in [5.74, 6) is 0.905. The number of aryl methyl sites for hydroxylation is 1. The summed E-state index contributed by atoms with van der Waals surface area (Å²) in [6.07, 6.45) is 4.03. The van der Waals surface area contributed by atoms with Gasteiger partial charge in [0.2, 0.25) is 0 Å². The van der Waals surface area contributed by atoms with Gasteiger partial charge in [0, 0.05) is 28.2 Å². The van der Waals surface area contributed by atoms with Gasteiger partial charge >= 0.3 is 12.1 Å². The van der Waals surface area contributed by atoms with Gasteiger partial charge < -0.3 is 19.9 Å². The second kappa shape index (κ2) is 13.2. The smallest absolute Gasteiger partial charge is 0.422 e. The van der Waals surface area contributed by atoms with Crippen molar-refractivity contribution in [3.63, 3.8) is 0 Å². The maximum Gasteiger partial charge on any atom is 0.422 e. The molecular weight excluding hydrogens is 629 g/mol. The molecule has 0 radical (unpaired) electrons. The van der Waals surface area contributed by atoms with E-state index in [2.05, 4.69) is 24.1 Å². The minimum atomic E-state index is -4.45. The molecule has 0 unspecified atom stereocenters. The Bertz CT molecular complexity index is 1600. The van der Waals surface area contributed by atoms with Gasteiger partial charge in [-0.3, -0.25) is 4.98 Å². The summed E-state index contributed by atoms with van der Waals surface area (Å²) in [6.45, 7) is 3.57. The fourth-order valence-corrected chi connectivity index (χ4v) is 8.52. The first-order chi connectivity index (χ1) is 22.4. The van der Waals surface area contributed by atoms with Gasteiger partial charge in [-0.25, -0.2) is 4.79 Å². The predicted octanol–water partition coefficient (Wildman–Crippen LogP) is 9.14. The second-order valence-corrected chi connectivity index (χ2v) is 14.4. The average molecular weight is 671 g/mol. The molecule has 1 heterocycles. The lowest BCUT2D eigenvalue weighted by molar-refractivity contribution is -0.153. The Morgan fingerprint density at radius 3 is 2.64 bits per heavy atom. The van der Waals surface area contributed by atoms with Crippen LogP contribution in [0.1, 0.15) is 87.1 Å². The van der Waals surface area contributed by atoms with Crippen molar-refractivity contribution in [1.29, 1.82) is 0 Å². The predicted molar refractivity (Wildman–Crippen MR) is 176 cm³/mol. The molecule has 1 spiro atoms. The topological polar surface area (TPSA) is 80.7 Å². The number of aromatic nitrogens is 1. The maximum atomic E-state index is 13.0. The molecule has 0 amide bonds. The number of anilines is 1. The molecule has 10 heteroatoms. The quantitative estimate of drug-likeness (QED) is 0.224. The number of alkyl halides is 3. The van der Waals surface area contributed by atoms with Gasteiger partial charge in [0.05, 0.1) is 6.61 Å². The normalized spacial score (nSPS) is 25.9. The fourth-order valence-electron chi connectivity index (χ4n) is 8.33. The van der Waals surface area contributed by atoms with Crippen molar-refractivity contribution in [1.82, 2.24) is 4.98 Å². The Hall–Kier alpha value is -3.46. The van der Waals surface area contributed by atoms with E-state index in [1.54, 1.807) is 36.4 Å². The highest BCUT2D eigenvalue weighted by Gasteiger charge is 2.54. The van der Waals surface area contributed by atoms with E-state index in [4.69, 9.17) is 21.1 Å². The molecular formula is C37H42ClF3N2O4. The number of aliphatic carboxylic acids is 1. The van der Waals surface area contributed by atoms with Crippen LogP contribution in [0, 0.1) is 11.8 Å². The van der Waals surface area contributed by atoms with Crippen LogP contribution in [0.5, 0.6) is 11.5 Å². The zero-order chi connectivity index (χ0) is 33.4. The van der Waals surface area contributed by atoms with Crippen LogP contribution in [-0.2, 0) is 23.1 Å². The molecule has 2 N–H and O–H groups in total. The molecule has 3 aliphatic rings. The van der Waals surface area contributed by atoms with E-state index >= 15 is 0 Å². The third-order valence-electron chi connectivity index (χ3n) is 10.7. The van der Waals surface area contributed by atoms with E-state index in [-0.39, 0.29) is 17.6 Å². The number of carboxylic acids is 1. The number of rotatable bonds is 10. The molecule has 6 rings (SSSR count). The number of nitrogens with one attached hydrogen (secondary N) is 1. The molecule has 0 saturated heterocycles. The first-order valence-electron chi connectivity index (χ1n) is 16.6. The van der Waals surface area contributed by atoms with Crippen molar-refractivity contribution in [2.45, 2.75) is 94.7 Å². The Labute approximate surface area is 279 Å². The molecule has 1 aromatic heterocycles. The summed E-state index contributed by atoms with van der Waals surface area (Å²) >= 11 is 6.20. The second-order valence-electron chi connectivity index (χ2n) is 13.9. The van der Waals surface area contributed by atoms with Crippen molar-refractivity contribution < 1.29 is 32.5 Å². The van der Waals surface area contributed by atoms with Crippen LogP contribution in [0.25, 0.3) is 0 Å². The van der Waals surface area contributed by atoms with Crippen LogP contribution in [0.3, 0.4) is 0 Å². The average Bonchev–Trinajstić information content (AvgIpc) is 3.31. The highest BCUT2D eigenvalue weighted by atomic mass is 35.5. The van der Waals surface area contributed by atoms with Crippen molar-refractivity contribution >= 4 is 23.3 Å². The summed E-state index contributed by atoms with van der Waals surface area (Å²) in [7, 11) is 0. The summed E-state index contributed by atoms with van der Waals surface area (Å²) in [4.78, 5) is 17.4. The molecule has 1 fully saturated rings. The number of hydrogen-bond donors (Lipinski definition) is 2. The summed E-state index contributed by atoms with van der Waals surface area (Å²) in [5, 5.41) is 14.3. The van der Waals surface area contributed by atoms with Crippen molar-refractivity contribution in [3.8, 4) is 11.5 Å². The van der Waals surface area contributed by atoms with E-state index < -0.39 is 29.7 Å². The van der Waals surface area contributed by atoms with Crippen LogP contribution in [-0.4, -0.2) is 41.0 Å². The molecule has 0 bridgehead atoms. The standard InChI is InChI=1S/C37H42ClF3N2O4/c1-23(21-46-32-11-16-42-31-8-3-5-24(2)33(31)32)17-26-18-25-9-10-29(47-22-37(39,40)41)20-30(25)35(26)12-14-36(15-13-35,34(44)45)43-28-7-4-6-27(38)19-28/h4,6-7,9-11,16,19-20,23-24,26,43H,3,5,8,12-15,17-18,21-22H2,1-2H3,(H,44,45)/t23-,24-,26+,35?,36?/m1/s1. The van der Waals surface area contributed by atoms with Crippen LogP contribution < -0.4 is 14.8 Å².